The van der Waals surface area contributed by atoms with Crippen molar-refractivity contribution < 1.29 is 196 Å². The number of nitrogens with zero attached hydrogens (tertiary/aromatic N) is 2. The monoisotopic (exact) mass is 2050 g/mol. The minimum atomic E-state index is -1.34. The highest BCUT2D eigenvalue weighted by Gasteiger charge is 2.28. The minimum absolute atomic E-state index is 0.159. The van der Waals surface area contributed by atoms with Gasteiger partial charge in [0, 0.05) is 44.3 Å². The maximum absolute atomic E-state index is 11.6. The van der Waals surface area contributed by atoms with Crippen LogP contribution in [-0.2, 0) is 80.5 Å². The van der Waals surface area contributed by atoms with Gasteiger partial charge in [0.2, 0.25) is 0 Å². The van der Waals surface area contributed by atoms with E-state index in [0.717, 1.165) is 61.1 Å². The first-order chi connectivity index (χ1) is 70.3. The predicted molar refractivity (Wildman–Crippen MR) is 525 cm³/mol. The van der Waals surface area contributed by atoms with Gasteiger partial charge in [0.1, 0.15) is 139 Å². The summed E-state index contributed by atoms with van der Waals surface area (Å²) in [5.74, 6) is 2.42. The molecule has 0 amide bonds. The first-order valence-electron chi connectivity index (χ1n) is 47.7. The van der Waals surface area contributed by atoms with Crippen LogP contribution in [0.3, 0.4) is 0 Å². The number of hydrogen-bond acceptors (Lipinski definition) is 42. The second-order valence-electron chi connectivity index (χ2n) is 34.3. The van der Waals surface area contributed by atoms with Crippen LogP contribution in [0.25, 0.3) is 90.9 Å². The summed E-state index contributed by atoms with van der Waals surface area (Å²) in [6, 6.07) is 38.8. The third kappa shape index (κ3) is 43.0. The molecule has 4 aromatic carbocycles. The molecule has 2 aliphatic rings. The Morgan fingerprint density at radius 1 is 0.200 bits per heavy atom. The van der Waals surface area contributed by atoms with Crippen molar-refractivity contribution in [3.8, 4) is 67.5 Å². The third-order valence-corrected chi connectivity index (χ3v) is 21.8. The molecular weight excluding hydrogens is 1910 g/mol. The Hall–Kier alpha value is -8.76. The molecule has 0 fully saturated rings. The van der Waals surface area contributed by atoms with Crippen molar-refractivity contribution >= 4 is 46.4 Å². The lowest BCUT2D eigenvalue weighted by Crippen LogP contribution is -2.37. The second kappa shape index (κ2) is 67.3. The van der Waals surface area contributed by atoms with E-state index in [1.54, 1.807) is 33.5 Å². The highest BCUT2D eigenvalue weighted by atomic mass is 16.6. The van der Waals surface area contributed by atoms with Gasteiger partial charge in [-0.25, -0.2) is 9.97 Å². The number of benzene rings is 4. The Morgan fingerprint density at radius 2 is 0.386 bits per heavy atom. The fourth-order valence-electron chi connectivity index (χ4n) is 14.3. The molecule has 7 aromatic rings. The number of rotatable bonds is 79. The lowest BCUT2D eigenvalue weighted by atomic mass is 10.0. The van der Waals surface area contributed by atoms with Gasteiger partial charge in [-0.2, -0.15) is 0 Å². The molecule has 44 heteroatoms. The summed E-state index contributed by atoms with van der Waals surface area (Å²) in [4.78, 5) is 18.5. The Morgan fingerprint density at radius 3 is 0.634 bits per heavy atom. The van der Waals surface area contributed by atoms with Crippen LogP contribution in [-0.4, -0.2) is 486 Å². The van der Waals surface area contributed by atoms with Gasteiger partial charge in [0.25, 0.3) is 0 Å². The number of H-pyrrole nitrogens is 2. The summed E-state index contributed by atoms with van der Waals surface area (Å²) in [6.07, 6.45) is -12.3. The highest BCUT2D eigenvalue weighted by Crippen LogP contribution is 2.40. The van der Waals surface area contributed by atoms with Gasteiger partial charge in [-0.3, -0.25) is 0 Å². The van der Waals surface area contributed by atoms with E-state index < -0.39 is 163 Å². The first-order valence-corrected chi connectivity index (χ1v) is 47.7. The van der Waals surface area contributed by atoms with Gasteiger partial charge in [0.15, 0.2) is 0 Å². The fraction of sp³-hybridized carbons (Fsp3) is 0.564. The molecule has 44 nitrogen and oxygen atoms in total. The largest absolute Gasteiger partial charge is 0.497 e. The molecule has 5 heterocycles. The maximum atomic E-state index is 11.6. The van der Waals surface area contributed by atoms with Gasteiger partial charge in [-0.15, -0.1) is 0 Å². The normalized spacial score (nSPS) is 16.0. The number of ether oxygens (including phenoxy) is 21. The fourth-order valence-corrected chi connectivity index (χ4v) is 14.3. The van der Waals surface area contributed by atoms with Gasteiger partial charge in [0.05, 0.1) is 275 Å². The molecule has 0 radical (unpaired) electrons. The summed E-state index contributed by atoms with van der Waals surface area (Å²) in [5.41, 5.74) is 12.2. The van der Waals surface area contributed by atoms with Crippen LogP contribution in [0.4, 0.5) is 0 Å². The zero-order valence-electron chi connectivity index (χ0n) is 81.7. The first kappa shape index (κ1) is 120. The van der Waals surface area contributed by atoms with Crippen molar-refractivity contribution in [3.05, 3.63) is 144 Å². The molecule has 145 heavy (non-hydrogen) atoms. The van der Waals surface area contributed by atoms with E-state index in [-0.39, 0.29) is 185 Å². The Bertz CT molecular complexity index is 4880. The van der Waals surface area contributed by atoms with E-state index in [4.69, 9.17) is 120 Å². The molecule has 0 spiro atoms. The number of aliphatic hydroxyl groups is 19. The molecule has 21 N–H and O–H groups in total. The number of hydrogen-bond donors (Lipinski definition) is 21. The van der Waals surface area contributed by atoms with Gasteiger partial charge in [-0.1, -0.05) is 48.5 Å². The van der Waals surface area contributed by atoms with E-state index in [2.05, 4.69) is 9.97 Å². The van der Waals surface area contributed by atoms with E-state index in [9.17, 15) is 86.8 Å². The van der Waals surface area contributed by atoms with Crippen LogP contribution >= 0.6 is 0 Å². The smallest absolute Gasteiger partial charge is 0.119 e. The molecule has 3 aromatic heterocycles. The summed E-state index contributed by atoms with van der Waals surface area (Å²) in [7, 11) is 4.85. The van der Waals surface area contributed by atoms with Gasteiger partial charge >= 0.3 is 0 Å². The Balaban J connectivity index is 0.902. The molecule has 18 unspecified atom stereocenters. The zero-order chi connectivity index (χ0) is 104. The second-order valence-corrected chi connectivity index (χ2v) is 34.3. The molecule has 9 rings (SSSR count). The van der Waals surface area contributed by atoms with Crippen LogP contribution in [0.2, 0.25) is 0 Å². The minimum Gasteiger partial charge on any atom is -0.497 e. The lowest BCUT2D eigenvalue weighted by Gasteiger charge is -2.24. The third-order valence-electron chi connectivity index (χ3n) is 21.8. The number of aliphatic hydroxyl groups excluding tert-OH is 19. The topological polar surface area (TPSA) is 636 Å². The van der Waals surface area contributed by atoms with Crippen molar-refractivity contribution in [2.45, 2.75) is 110 Å². The number of methoxy groups -OCH3 is 3. The van der Waals surface area contributed by atoms with Crippen LogP contribution in [0.15, 0.2) is 121 Å². The van der Waals surface area contributed by atoms with E-state index >= 15 is 0 Å². The van der Waals surface area contributed by atoms with Crippen molar-refractivity contribution in [2.24, 2.45) is 0 Å². The number of nitrogens with one attached hydrogen (secondary N) is 2. The predicted octanol–water partition coefficient (Wildman–Crippen LogP) is -0.501. The number of aromatic nitrogens is 4. The van der Waals surface area contributed by atoms with E-state index in [1.807, 2.05) is 133 Å². The standard InChI is InChI=1S/C101H144N4O40/c1-125-80-12-4-64(5-13-80)98-90-20-22-92(102-90)99(65-6-14-81(126-2)15-7-65)94-24-26-96(104-94)101(97-27-25-95(105-97)100(93-23-21-91(98)103-93)66-8-16-82(127-3)17-9-66)67-10-18-83(19-11-67)144-63-89(61-138-54-84(33-111)145-62-85(34-112)139-50-76(121)45-131-42-74(119)40-129-36-69(114)29-107)143-53-79(124)48-137-59-87(56-133-38-71(116)31-109)141-51-78(123)47-136-60-88(58-134-44-75(120)43-130-41-73(118)39-128-35-68(113)28-106)142-52-77(122)46-135-57-86(140-49-72(117)32-110)55-132-37-70(115)30-108/h4-27,68-79,84-89,102,105-124H,28-63H2,1-3H3. The molecular formula is C101H144N4O40. The van der Waals surface area contributed by atoms with Crippen molar-refractivity contribution in [3.63, 3.8) is 0 Å². The van der Waals surface area contributed by atoms with E-state index in [0.29, 0.717) is 51.3 Å². The highest BCUT2D eigenvalue weighted by molar-refractivity contribution is 6.00. The average molecular weight is 2050 g/mol. The molecule has 0 saturated carbocycles. The number of aromatic amines is 2. The molecule has 808 valence electrons. The van der Waals surface area contributed by atoms with Crippen LogP contribution in [0.5, 0.6) is 23.0 Å². The summed E-state index contributed by atoms with van der Waals surface area (Å²) in [5, 5.41) is 191. The lowest BCUT2D eigenvalue weighted by molar-refractivity contribution is -0.131. The zero-order valence-corrected chi connectivity index (χ0v) is 81.7. The van der Waals surface area contributed by atoms with Crippen LogP contribution < -0.4 is 18.9 Å². The van der Waals surface area contributed by atoms with Crippen LogP contribution in [0.1, 0.15) is 22.8 Å². The molecule has 18 atom stereocenters. The Labute approximate surface area is 839 Å². The average Bonchev–Trinajstić information content (AvgIpc) is 1.61. The summed E-state index contributed by atoms with van der Waals surface area (Å²) < 4.78 is 120. The molecule has 8 bridgehead atoms. The maximum Gasteiger partial charge on any atom is 0.119 e. The summed E-state index contributed by atoms with van der Waals surface area (Å²) in [6.45, 7) is -11.9. The molecule has 2 aliphatic heterocycles. The quantitative estimate of drug-likeness (QED) is 0.0228. The van der Waals surface area contributed by atoms with Gasteiger partial charge in [-0.05, 0) is 119 Å². The Kier molecular flexibility index (Phi) is 55.6. The van der Waals surface area contributed by atoms with Crippen molar-refractivity contribution in [1.29, 1.82) is 0 Å². The molecule has 0 aliphatic carbocycles. The number of fused-ring (bicyclic) bond motifs is 8. The van der Waals surface area contributed by atoms with Crippen LogP contribution in [0, 0.1) is 0 Å². The van der Waals surface area contributed by atoms with Gasteiger partial charge < -0.3 is 206 Å². The molecule has 0 saturated heterocycles. The van der Waals surface area contributed by atoms with Crippen molar-refractivity contribution in [2.75, 3.05) is 259 Å². The summed E-state index contributed by atoms with van der Waals surface area (Å²) >= 11 is 0. The van der Waals surface area contributed by atoms with E-state index in [1.165, 1.54) is 0 Å². The van der Waals surface area contributed by atoms with Crippen molar-refractivity contribution in [1.82, 2.24) is 19.9 Å². The SMILES string of the molecule is COc1ccc(-c2c3nc(c(-c4ccc(OC)cc4)c4ccc([nH]4)c(-c4ccc(OCC(COCC(CO)OCC(CO)OCC(O)COCC(O)COCC(O)CO)OCC(O)COCC(COCC(O)CO)OCC(O)COCC(COCC(O)COCC(O)COCC(O)CO)OCC(O)COCC(COCC(O)CO)OCC(O)CO)cc4)c4nc(c(-c5ccc(OC)cc5)c5ccc2[nH]5)C=C4)C=C3)cc1.